The lowest BCUT2D eigenvalue weighted by molar-refractivity contribution is -0.122. The Bertz CT molecular complexity index is 1230. The van der Waals surface area contributed by atoms with Crippen molar-refractivity contribution >= 4 is 34.0 Å². The Morgan fingerprint density at radius 3 is 2.68 bits per heavy atom. The second-order valence-electron chi connectivity index (χ2n) is 6.39. The molecule has 3 aromatic rings. The molecule has 1 aromatic heterocycles. The van der Waals surface area contributed by atoms with Gasteiger partial charge in [-0.3, -0.25) is 24.3 Å². The van der Waals surface area contributed by atoms with E-state index in [0.29, 0.717) is 17.1 Å². The van der Waals surface area contributed by atoms with Crippen molar-refractivity contribution in [1.82, 2.24) is 9.78 Å². The highest BCUT2D eigenvalue weighted by atomic mass is 16.5. The maximum absolute atomic E-state index is 12.5. The molecule has 0 aliphatic carbocycles. The SMILES string of the molecule is C[C@@H]1Oc2ccc(NC(=O)Cn3[nH]c(=O)c4ccccc4c3=O)cc2NC1=O. The van der Waals surface area contributed by atoms with Crippen molar-refractivity contribution in [3.05, 3.63) is 63.2 Å². The first-order chi connectivity index (χ1) is 13.4. The van der Waals surface area contributed by atoms with Crippen LogP contribution in [0, 0.1) is 0 Å². The van der Waals surface area contributed by atoms with Crippen LogP contribution in [0.4, 0.5) is 11.4 Å². The summed E-state index contributed by atoms with van der Waals surface area (Å²) in [5.74, 6) is -0.291. The van der Waals surface area contributed by atoms with Gasteiger partial charge in [-0.05, 0) is 37.3 Å². The smallest absolute Gasteiger partial charge is 0.273 e. The molecule has 1 aliphatic heterocycles. The lowest BCUT2D eigenvalue weighted by atomic mass is 10.2. The van der Waals surface area contributed by atoms with Gasteiger partial charge >= 0.3 is 0 Å². The van der Waals surface area contributed by atoms with Crippen LogP contribution < -0.4 is 26.5 Å². The number of ether oxygens (including phenoxy) is 1. The van der Waals surface area contributed by atoms with E-state index in [0.717, 1.165) is 4.68 Å². The Balaban J connectivity index is 1.56. The van der Waals surface area contributed by atoms with Gasteiger partial charge in [0, 0.05) is 5.69 Å². The van der Waals surface area contributed by atoms with E-state index in [2.05, 4.69) is 15.7 Å². The molecule has 4 rings (SSSR count). The van der Waals surface area contributed by atoms with Crippen molar-refractivity contribution < 1.29 is 14.3 Å². The quantitative estimate of drug-likeness (QED) is 0.627. The number of aromatic amines is 1. The summed E-state index contributed by atoms with van der Waals surface area (Å²) in [6, 6.07) is 11.2. The number of hydrogen-bond donors (Lipinski definition) is 3. The van der Waals surface area contributed by atoms with E-state index in [4.69, 9.17) is 4.74 Å². The van der Waals surface area contributed by atoms with Gasteiger partial charge in [-0.25, -0.2) is 4.68 Å². The second kappa shape index (κ2) is 6.69. The molecular weight excluding hydrogens is 364 g/mol. The van der Waals surface area contributed by atoms with E-state index in [9.17, 15) is 19.2 Å². The van der Waals surface area contributed by atoms with Crippen LogP contribution >= 0.6 is 0 Å². The fourth-order valence-corrected chi connectivity index (χ4v) is 2.99. The number of rotatable bonds is 3. The molecule has 1 aliphatic rings. The van der Waals surface area contributed by atoms with Gasteiger partial charge in [-0.15, -0.1) is 0 Å². The molecule has 28 heavy (non-hydrogen) atoms. The van der Waals surface area contributed by atoms with Crippen LogP contribution in [-0.2, 0) is 16.1 Å². The summed E-state index contributed by atoms with van der Waals surface area (Å²) in [4.78, 5) is 48.7. The molecule has 0 fully saturated rings. The van der Waals surface area contributed by atoms with Crippen LogP contribution in [0.2, 0.25) is 0 Å². The average Bonchev–Trinajstić information content (AvgIpc) is 2.67. The molecule has 0 bridgehead atoms. The third-order valence-corrected chi connectivity index (χ3v) is 4.38. The first kappa shape index (κ1) is 17.5. The molecule has 1 atom stereocenters. The molecule has 2 heterocycles. The van der Waals surface area contributed by atoms with E-state index >= 15 is 0 Å². The summed E-state index contributed by atoms with van der Waals surface area (Å²) in [5, 5.41) is 8.24. The summed E-state index contributed by atoms with van der Waals surface area (Å²) in [7, 11) is 0. The standard InChI is InChI=1S/C19H16N4O5/c1-10-17(25)21-14-8-11(6-7-15(14)28-10)20-16(24)9-23-19(27)13-5-3-2-4-12(13)18(26)22-23/h2-8,10H,9H2,1H3,(H,20,24)(H,21,25)(H,22,26)/t10-/m0/s1. The molecular formula is C19H16N4O5. The minimum atomic E-state index is -0.593. The van der Waals surface area contributed by atoms with Crippen molar-refractivity contribution in [2.75, 3.05) is 10.6 Å². The Hall–Kier alpha value is -3.88. The predicted octanol–water partition coefficient (Wildman–Crippen LogP) is 1.05. The van der Waals surface area contributed by atoms with Crippen LogP contribution in [0.15, 0.2) is 52.1 Å². The highest BCUT2D eigenvalue weighted by Gasteiger charge is 2.23. The normalized spacial score (nSPS) is 15.5. The number of benzene rings is 2. The van der Waals surface area contributed by atoms with Crippen molar-refractivity contribution in [3.8, 4) is 5.75 Å². The Morgan fingerprint density at radius 2 is 1.89 bits per heavy atom. The summed E-state index contributed by atoms with van der Waals surface area (Å²) in [5.41, 5.74) is -0.0632. The monoisotopic (exact) mass is 380 g/mol. The number of aromatic nitrogens is 2. The van der Waals surface area contributed by atoms with E-state index in [-0.39, 0.29) is 23.2 Å². The van der Waals surface area contributed by atoms with Crippen LogP contribution in [-0.4, -0.2) is 27.7 Å². The van der Waals surface area contributed by atoms with E-state index in [1.165, 1.54) is 6.07 Å². The van der Waals surface area contributed by atoms with Gasteiger partial charge in [0.2, 0.25) is 5.91 Å². The average molecular weight is 380 g/mol. The predicted molar refractivity (Wildman–Crippen MR) is 103 cm³/mol. The largest absolute Gasteiger partial charge is 0.479 e. The molecule has 0 unspecified atom stereocenters. The maximum atomic E-state index is 12.5. The molecule has 0 saturated heterocycles. The lowest BCUT2D eigenvalue weighted by Gasteiger charge is -2.23. The molecule has 9 nitrogen and oxygen atoms in total. The van der Waals surface area contributed by atoms with Crippen molar-refractivity contribution in [2.24, 2.45) is 0 Å². The molecule has 0 radical (unpaired) electrons. The fraction of sp³-hybridized carbons (Fsp3) is 0.158. The van der Waals surface area contributed by atoms with E-state index in [1.807, 2.05) is 0 Å². The minimum absolute atomic E-state index is 0.238. The van der Waals surface area contributed by atoms with E-state index < -0.39 is 23.1 Å². The number of fused-ring (bicyclic) bond motifs is 2. The third kappa shape index (κ3) is 3.13. The number of amides is 2. The third-order valence-electron chi connectivity index (χ3n) is 4.38. The van der Waals surface area contributed by atoms with Gasteiger partial charge < -0.3 is 15.4 Å². The lowest BCUT2D eigenvalue weighted by Crippen LogP contribution is -2.35. The fourth-order valence-electron chi connectivity index (χ4n) is 2.99. The molecule has 3 N–H and O–H groups in total. The van der Waals surface area contributed by atoms with Crippen LogP contribution in [0.25, 0.3) is 10.8 Å². The van der Waals surface area contributed by atoms with Gasteiger partial charge in [-0.1, -0.05) is 12.1 Å². The van der Waals surface area contributed by atoms with Crippen molar-refractivity contribution in [2.45, 2.75) is 19.6 Å². The highest BCUT2D eigenvalue weighted by Crippen LogP contribution is 2.32. The first-order valence-electron chi connectivity index (χ1n) is 8.55. The zero-order valence-electron chi connectivity index (χ0n) is 14.8. The number of H-pyrrole nitrogens is 1. The molecule has 0 spiro atoms. The molecule has 2 amide bonds. The minimum Gasteiger partial charge on any atom is -0.479 e. The highest BCUT2D eigenvalue weighted by molar-refractivity contribution is 5.99. The van der Waals surface area contributed by atoms with Crippen LogP contribution in [0.1, 0.15) is 6.92 Å². The number of anilines is 2. The van der Waals surface area contributed by atoms with Crippen molar-refractivity contribution in [1.29, 1.82) is 0 Å². The van der Waals surface area contributed by atoms with Gasteiger partial charge in [0.05, 0.1) is 16.5 Å². The van der Waals surface area contributed by atoms with Crippen LogP contribution in [0.5, 0.6) is 5.75 Å². The molecule has 0 saturated carbocycles. The molecule has 142 valence electrons. The van der Waals surface area contributed by atoms with Crippen LogP contribution in [0.3, 0.4) is 0 Å². The van der Waals surface area contributed by atoms with Gasteiger partial charge in [0.25, 0.3) is 17.0 Å². The topological polar surface area (TPSA) is 122 Å². The van der Waals surface area contributed by atoms with Gasteiger partial charge in [0.1, 0.15) is 12.3 Å². The summed E-state index contributed by atoms with van der Waals surface area (Å²) >= 11 is 0. The Kier molecular flexibility index (Phi) is 4.19. The number of hydrogen-bond acceptors (Lipinski definition) is 5. The Morgan fingerprint density at radius 1 is 1.14 bits per heavy atom. The van der Waals surface area contributed by atoms with Gasteiger partial charge in [-0.2, -0.15) is 0 Å². The van der Waals surface area contributed by atoms with E-state index in [1.54, 1.807) is 43.3 Å². The zero-order chi connectivity index (χ0) is 19.8. The molecule has 9 heteroatoms. The zero-order valence-corrected chi connectivity index (χ0v) is 14.8. The van der Waals surface area contributed by atoms with Crippen molar-refractivity contribution in [3.63, 3.8) is 0 Å². The maximum Gasteiger partial charge on any atom is 0.273 e. The first-order valence-corrected chi connectivity index (χ1v) is 8.55. The summed E-state index contributed by atoms with van der Waals surface area (Å²) in [6.45, 7) is 1.27. The second-order valence-corrected chi connectivity index (χ2v) is 6.39. The number of nitrogens with one attached hydrogen (secondary N) is 3. The number of nitrogens with zero attached hydrogens (tertiary/aromatic N) is 1. The molecule has 2 aromatic carbocycles. The Labute approximate surface area is 157 Å². The summed E-state index contributed by atoms with van der Waals surface area (Å²) < 4.78 is 6.42. The van der Waals surface area contributed by atoms with Gasteiger partial charge in [0.15, 0.2) is 6.10 Å². The number of carbonyl (C=O) groups is 2. The number of carbonyl (C=O) groups excluding carboxylic acids is 2. The summed E-state index contributed by atoms with van der Waals surface area (Å²) in [6.07, 6.45) is -0.593.